The van der Waals surface area contributed by atoms with E-state index in [-0.39, 0.29) is 17.5 Å². The molecule has 0 aliphatic heterocycles. The summed E-state index contributed by atoms with van der Waals surface area (Å²) in [4.78, 5) is 25.3. The van der Waals surface area contributed by atoms with Gasteiger partial charge in [-0.05, 0) is 44.0 Å². The van der Waals surface area contributed by atoms with Gasteiger partial charge in [-0.2, -0.15) is 5.10 Å². The third-order valence-corrected chi connectivity index (χ3v) is 5.12. The van der Waals surface area contributed by atoms with Gasteiger partial charge in [-0.1, -0.05) is 19.3 Å². The lowest BCUT2D eigenvalue weighted by molar-refractivity contribution is 0.0928. The Morgan fingerprint density at radius 1 is 1.16 bits per heavy atom. The number of carbonyl (C=O) groups is 1. The largest absolute Gasteiger partial charge is 0.349 e. The molecule has 4 rings (SSSR count). The molecule has 1 N–H and O–H groups in total. The minimum absolute atomic E-state index is 0.0653. The van der Waals surface area contributed by atoms with Gasteiger partial charge in [0, 0.05) is 18.2 Å². The van der Waals surface area contributed by atoms with E-state index in [1.54, 1.807) is 27.4 Å². The van der Waals surface area contributed by atoms with Crippen molar-refractivity contribution in [3.63, 3.8) is 0 Å². The van der Waals surface area contributed by atoms with E-state index >= 15 is 0 Å². The number of aromatic nitrogens is 3. The third-order valence-electron chi connectivity index (χ3n) is 5.12. The predicted molar refractivity (Wildman–Crippen MR) is 97.0 cm³/mol. The predicted octanol–water partition coefficient (Wildman–Crippen LogP) is 2.73. The van der Waals surface area contributed by atoms with Crippen molar-refractivity contribution in [2.45, 2.75) is 51.6 Å². The molecule has 0 spiro atoms. The number of fused-ring (bicyclic) bond motifs is 3. The minimum Gasteiger partial charge on any atom is -0.349 e. The van der Waals surface area contributed by atoms with E-state index in [0.717, 1.165) is 23.9 Å². The Balaban J connectivity index is 1.77. The SMILES string of the molecule is CCn1c(=O)c2ccnn2c2ccc(C(=O)NC3CCCCC3)cc21. The molecule has 6 nitrogen and oxygen atoms in total. The van der Waals surface area contributed by atoms with Gasteiger partial charge in [0.05, 0.1) is 17.2 Å². The molecule has 1 aliphatic rings. The van der Waals surface area contributed by atoms with Crippen LogP contribution in [0.5, 0.6) is 0 Å². The van der Waals surface area contributed by atoms with Crippen molar-refractivity contribution < 1.29 is 4.79 Å². The van der Waals surface area contributed by atoms with Crippen molar-refractivity contribution in [2.75, 3.05) is 0 Å². The summed E-state index contributed by atoms with van der Waals surface area (Å²) < 4.78 is 3.34. The zero-order valence-electron chi connectivity index (χ0n) is 14.4. The number of amides is 1. The highest BCUT2D eigenvalue weighted by molar-refractivity contribution is 5.97. The smallest absolute Gasteiger partial charge is 0.277 e. The number of nitrogens with zero attached hydrogens (tertiary/aromatic N) is 3. The van der Waals surface area contributed by atoms with E-state index in [4.69, 9.17) is 0 Å². The van der Waals surface area contributed by atoms with Crippen LogP contribution in [0.25, 0.3) is 16.6 Å². The van der Waals surface area contributed by atoms with Crippen molar-refractivity contribution in [2.24, 2.45) is 0 Å². The number of aryl methyl sites for hydroxylation is 1. The summed E-state index contributed by atoms with van der Waals surface area (Å²) in [5, 5.41) is 7.39. The first-order valence-corrected chi connectivity index (χ1v) is 9.00. The van der Waals surface area contributed by atoms with Crippen molar-refractivity contribution in [3.8, 4) is 0 Å². The van der Waals surface area contributed by atoms with Gasteiger partial charge < -0.3 is 9.88 Å². The average Bonchev–Trinajstić information content (AvgIpc) is 3.13. The first kappa shape index (κ1) is 15.9. The molecular weight excluding hydrogens is 316 g/mol. The van der Waals surface area contributed by atoms with Gasteiger partial charge in [0.25, 0.3) is 11.5 Å². The minimum atomic E-state index is -0.0858. The second-order valence-electron chi connectivity index (χ2n) is 6.69. The first-order valence-electron chi connectivity index (χ1n) is 9.00. The standard InChI is InChI=1S/C19H22N4O2/c1-2-22-17-12-13(18(24)21-14-6-4-3-5-7-14)8-9-15(17)23-16(19(22)25)10-11-20-23/h8-12,14H,2-7H2,1H3,(H,21,24). The van der Waals surface area contributed by atoms with Gasteiger partial charge in [-0.25, -0.2) is 4.52 Å². The van der Waals surface area contributed by atoms with Crippen LogP contribution in [-0.4, -0.2) is 26.1 Å². The summed E-state index contributed by atoms with van der Waals surface area (Å²) in [7, 11) is 0. The molecule has 2 heterocycles. The van der Waals surface area contributed by atoms with Gasteiger partial charge in [-0.15, -0.1) is 0 Å². The Morgan fingerprint density at radius 2 is 1.96 bits per heavy atom. The van der Waals surface area contributed by atoms with E-state index in [9.17, 15) is 9.59 Å². The Labute approximate surface area is 145 Å². The lowest BCUT2D eigenvalue weighted by Crippen LogP contribution is -2.36. The van der Waals surface area contributed by atoms with Crippen LogP contribution in [0.3, 0.4) is 0 Å². The molecule has 1 amide bonds. The Hall–Kier alpha value is -2.63. The highest BCUT2D eigenvalue weighted by Gasteiger charge is 2.18. The maximum absolute atomic E-state index is 12.6. The molecule has 1 aliphatic carbocycles. The molecule has 1 aromatic carbocycles. The summed E-state index contributed by atoms with van der Waals surface area (Å²) >= 11 is 0. The molecule has 1 saturated carbocycles. The second-order valence-corrected chi connectivity index (χ2v) is 6.69. The van der Waals surface area contributed by atoms with E-state index in [1.165, 1.54) is 19.3 Å². The number of hydrogen-bond acceptors (Lipinski definition) is 3. The van der Waals surface area contributed by atoms with Crippen LogP contribution in [0.4, 0.5) is 0 Å². The fraction of sp³-hybridized carbons (Fsp3) is 0.421. The molecule has 6 heteroatoms. The highest BCUT2D eigenvalue weighted by atomic mass is 16.1. The molecule has 0 bridgehead atoms. The molecule has 3 aromatic rings. The van der Waals surface area contributed by atoms with Gasteiger partial charge >= 0.3 is 0 Å². The fourth-order valence-corrected chi connectivity index (χ4v) is 3.79. The molecule has 25 heavy (non-hydrogen) atoms. The average molecular weight is 338 g/mol. The number of carbonyl (C=O) groups excluding carboxylic acids is 1. The maximum atomic E-state index is 12.6. The number of rotatable bonds is 3. The van der Waals surface area contributed by atoms with E-state index in [2.05, 4.69) is 10.4 Å². The fourth-order valence-electron chi connectivity index (χ4n) is 3.79. The van der Waals surface area contributed by atoms with Gasteiger partial charge in [-0.3, -0.25) is 9.59 Å². The molecule has 0 saturated heterocycles. The lowest BCUT2D eigenvalue weighted by atomic mass is 9.95. The second kappa shape index (κ2) is 6.35. The van der Waals surface area contributed by atoms with Crippen molar-refractivity contribution in [1.82, 2.24) is 19.5 Å². The topological polar surface area (TPSA) is 68.4 Å². The van der Waals surface area contributed by atoms with Crippen LogP contribution in [0.15, 0.2) is 35.3 Å². The molecule has 0 radical (unpaired) electrons. The van der Waals surface area contributed by atoms with Crippen molar-refractivity contribution in [3.05, 3.63) is 46.4 Å². The summed E-state index contributed by atoms with van der Waals surface area (Å²) in [6, 6.07) is 7.47. The maximum Gasteiger partial charge on any atom is 0.277 e. The van der Waals surface area contributed by atoms with Crippen LogP contribution >= 0.6 is 0 Å². The normalized spacial score (nSPS) is 15.7. The molecule has 0 unspecified atom stereocenters. The summed E-state index contributed by atoms with van der Waals surface area (Å²) in [5.74, 6) is -0.0653. The van der Waals surface area contributed by atoms with E-state index in [1.807, 2.05) is 19.1 Å². The molecule has 0 atom stereocenters. The van der Waals surface area contributed by atoms with Crippen LogP contribution in [-0.2, 0) is 6.54 Å². The quantitative estimate of drug-likeness (QED) is 0.798. The van der Waals surface area contributed by atoms with Crippen LogP contribution in [0.1, 0.15) is 49.4 Å². The monoisotopic (exact) mass is 338 g/mol. The Kier molecular flexibility index (Phi) is 4.03. The third kappa shape index (κ3) is 2.71. The molecule has 1 fully saturated rings. The van der Waals surface area contributed by atoms with E-state index in [0.29, 0.717) is 17.6 Å². The zero-order valence-corrected chi connectivity index (χ0v) is 14.4. The lowest BCUT2D eigenvalue weighted by Gasteiger charge is -2.22. The van der Waals surface area contributed by atoms with Crippen LogP contribution < -0.4 is 10.9 Å². The molecule has 2 aromatic heterocycles. The number of hydrogen-bond donors (Lipinski definition) is 1. The number of benzene rings is 1. The summed E-state index contributed by atoms with van der Waals surface area (Å²) in [6.45, 7) is 2.48. The van der Waals surface area contributed by atoms with Crippen molar-refractivity contribution >= 4 is 22.5 Å². The highest BCUT2D eigenvalue weighted by Crippen LogP contribution is 2.19. The van der Waals surface area contributed by atoms with Crippen LogP contribution in [0.2, 0.25) is 0 Å². The van der Waals surface area contributed by atoms with Gasteiger partial charge in [0.15, 0.2) is 0 Å². The van der Waals surface area contributed by atoms with Crippen LogP contribution in [0, 0.1) is 0 Å². The number of nitrogens with one attached hydrogen (secondary N) is 1. The summed E-state index contributed by atoms with van der Waals surface area (Å²) in [6.07, 6.45) is 7.33. The van der Waals surface area contributed by atoms with Gasteiger partial charge in [0.2, 0.25) is 0 Å². The Morgan fingerprint density at radius 3 is 2.72 bits per heavy atom. The van der Waals surface area contributed by atoms with E-state index < -0.39 is 0 Å². The Bertz CT molecular complexity index is 996. The van der Waals surface area contributed by atoms with Crippen molar-refractivity contribution in [1.29, 1.82) is 0 Å². The van der Waals surface area contributed by atoms with Gasteiger partial charge in [0.1, 0.15) is 5.52 Å². The zero-order chi connectivity index (χ0) is 17.4. The molecule has 130 valence electrons. The first-order chi connectivity index (χ1) is 12.2. The summed E-state index contributed by atoms with van der Waals surface area (Å²) in [5.41, 5.74) is 2.62. The molecular formula is C19H22N4O2.